The second-order valence-electron chi connectivity index (χ2n) is 0.231. The van der Waals surface area contributed by atoms with Gasteiger partial charge in [0.05, 0.1) is 0 Å². The summed E-state index contributed by atoms with van der Waals surface area (Å²) in [6.07, 6.45) is 0. The molecule has 2 N–H and O–H groups in total. The predicted molar refractivity (Wildman–Crippen MR) is 20.1 cm³/mol. The molecule has 0 aromatic carbocycles. The molecule has 0 amide bonds. The van der Waals surface area contributed by atoms with Crippen molar-refractivity contribution in [2.45, 2.75) is 0 Å². The molecule has 0 atom stereocenters. The van der Waals surface area contributed by atoms with E-state index < -0.39 is 11.4 Å². The molecular weight excluding hydrogens is 106 g/mol. The fourth-order valence-electron chi connectivity index (χ4n) is 0. The van der Waals surface area contributed by atoms with E-state index in [0.717, 1.165) is 0 Å². The van der Waals surface area contributed by atoms with Crippen LogP contribution in [0.4, 0.5) is 0 Å². The van der Waals surface area contributed by atoms with Crippen molar-refractivity contribution in [1.82, 2.24) is 0 Å². The number of nitrogens with zero attached hydrogens (tertiary/aromatic N) is 1. The van der Waals surface area contributed by atoms with Crippen molar-refractivity contribution >= 4 is 11.4 Å². The van der Waals surface area contributed by atoms with Gasteiger partial charge in [-0.3, -0.25) is 9.11 Å². The maximum absolute atomic E-state index is 8.67. The molecule has 5 heteroatoms. The van der Waals surface area contributed by atoms with Crippen LogP contribution >= 0.6 is 0 Å². The van der Waals surface area contributed by atoms with Crippen molar-refractivity contribution in [3.05, 3.63) is 0 Å². The summed E-state index contributed by atoms with van der Waals surface area (Å²) in [7, 11) is 0. The fraction of sp³-hybridized carbons (Fsp3) is 0. The zero-order valence-electron chi connectivity index (χ0n) is 2.74. The van der Waals surface area contributed by atoms with E-state index in [9.17, 15) is 0 Å². The summed E-state index contributed by atoms with van der Waals surface area (Å²) in [6, 6.07) is 0. The van der Waals surface area contributed by atoms with Crippen LogP contribution in [0.1, 0.15) is 0 Å². The Morgan fingerprint density at radius 1 is 1.50 bits per heavy atom. The highest BCUT2D eigenvalue weighted by Gasteiger charge is 1.62. The Labute approximate surface area is 37.5 Å². The number of hydrogen-bond donors (Lipinski definition) is 2. The van der Waals surface area contributed by atoms with Gasteiger partial charge in [0.15, 0.2) is 0 Å². The molecule has 0 saturated heterocycles. The first-order valence-electron chi connectivity index (χ1n) is 0.790. The van der Waals surface area contributed by atoms with Gasteiger partial charge in [0.2, 0.25) is 0 Å². The van der Waals surface area contributed by atoms with Crippen LogP contribution in [0.25, 0.3) is 0 Å². The van der Waals surface area contributed by atoms with Crippen molar-refractivity contribution in [3.63, 3.8) is 0 Å². The molecule has 0 bridgehead atoms. The van der Waals surface area contributed by atoms with E-state index in [2.05, 4.69) is 6.57 Å². The molecule has 0 aliphatic carbocycles. The minimum Gasteiger partial charge on any atom is -0.284 e. The number of hydrogen-bond acceptors (Lipinski definition) is 2. The molecule has 0 saturated carbocycles. The van der Waals surface area contributed by atoms with Gasteiger partial charge in [-0.05, 0) is 0 Å². The lowest BCUT2D eigenvalue weighted by atomic mass is 11.9. The normalized spacial score (nSPS) is 6.17. The van der Waals surface area contributed by atoms with E-state index in [1.807, 2.05) is 0 Å². The van der Waals surface area contributed by atoms with E-state index in [-0.39, 0.29) is 0 Å². The van der Waals surface area contributed by atoms with E-state index in [4.69, 9.17) is 18.6 Å². The van der Waals surface area contributed by atoms with Crippen molar-refractivity contribution in [3.8, 4) is 6.57 Å². The Morgan fingerprint density at radius 2 is 1.50 bits per heavy atom. The molecule has 0 rings (SSSR count). The molecule has 6 heavy (non-hydrogen) atoms. The predicted octanol–water partition coefficient (Wildman–Crippen LogP) is -0.179. The van der Waals surface area contributed by atoms with Crippen molar-refractivity contribution in [1.29, 1.82) is 5.26 Å². The van der Waals surface area contributed by atoms with E-state index in [1.165, 1.54) is 0 Å². The second-order valence-corrected chi connectivity index (χ2v) is 0.692. The first kappa shape index (κ1) is 9.12. The number of nitriles is 1. The average Bonchev–Trinajstić information content (AvgIpc) is 1.41. The van der Waals surface area contributed by atoms with Gasteiger partial charge < -0.3 is 0 Å². The summed E-state index contributed by atoms with van der Waals surface area (Å²) in [6.45, 7) is 3.50. The molecule has 0 radical (unpaired) electrons. The lowest BCUT2D eigenvalue weighted by molar-refractivity contribution is 0.454. The zero-order valence-corrected chi connectivity index (χ0v) is 3.55. The molecule has 0 unspecified atom stereocenters. The highest BCUT2D eigenvalue weighted by molar-refractivity contribution is 7.73. The van der Waals surface area contributed by atoms with Gasteiger partial charge >= 0.3 is 0 Å². The Hall–Kier alpha value is -0.440. The first-order valence-corrected chi connectivity index (χ1v) is 1.85. The molecule has 0 spiro atoms. The third kappa shape index (κ3) is 121. The lowest BCUT2D eigenvalue weighted by Gasteiger charge is -1.59. The van der Waals surface area contributed by atoms with Gasteiger partial charge in [-0.1, -0.05) is 0 Å². The van der Waals surface area contributed by atoms with E-state index in [0.29, 0.717) is 0 Å². The maximum atomic E-state index is 8.67. The zero-order chi connectivity index (χ0) is 5.58. The molecular formula is CH3NO3S. The smallest absolute Gasteiger partial charge is 0.284 e. The molecule has 0 aromatic heterocycles. The van der Waals surface area contributed by atoms with E-state index >= 15 is 0 Å². The SMILES string of the molecule is C#N.O=S(O)O. The van der Waals surface area contributed by atoms with Crippen LogP contribution in [0.5, 0.6) is 0 Å². The highest BCUT2D eigenvalue weighted by Crippen LogP contribution is 1.44. The largest absolute Gasteiger partial charge is 0.299 e. The Bertz CT molecular complexity index is 55.1. The molecule has 0 aromatic rings. The highest BCUT2D eigenvalue weighted by atomic mass is 32.2. The molecule has 4 nitrogen and oxygen atoms in total. The third-order valence-corrected chi connectivity index (χ3v) is 0. The van der Waals surface area contributed by atoms with Crippen LogP contribution in [0, 0.1) is 11.8 Å². The van der Waals surface area contributed by atoms with Crippen LogP contribution in [-0.2, 0) is 11.4 Å². The summed E-state index contributed by atoms with van der Waals surface area (Å²) in [4.78, 5) is 0. The van der Waals surface area contributed by atoms with Gasteiger partial charge in [0.25, 0.3) is 11.4 Å². The van der Waals surface area contributed by atoms with Crippen LogP contribution in [-0.4, -0.2) is 13.3 Å². The fourth-order valence-corrected chi connectivity index (χ4v) is 0. The average molecular weight is 109 g/mol. The second kappa shape index (κ2) is 8.82. The molecule has 0 heterocycles. The van der Waals surface area contributed by atoms with Crippen molar-refractivity contribution in [2.24, 2.45) is 0 Å². The first-order chi connectivity index (χ1) is 2.73. The summed E-state index contributed by atoms with van der Waals surface area (Å²) in [5, 5.41) is 6.50. The van der Waals surface area contributed by atoms with Gasteiger partial charge in [0, 0.05) is 6.57 Å². The van der Waals surface area contributed by atoms with Gasteiger partial charge in [-0.15, -0.1) is 0 Å². The van der Waals surface area contributed by atoms with Gasteiger partial charge in [-0.2, -0.15) is 4.21 Å². The maximum Gasteiger partial charge on any atom is 0.299 e. The van der Waals surface area contributed by atoms with Crippen LogP contribution in [0.15, 0.2) is 0 Å². The van der Waals surface area contributed by atoms with Crippen LogP contribution in [0.3, 0.4) is 0 Å². The molecule has 0 fully saturated rings. The van der Waals surface area contributed by atoms with Crippen molar-refractivity contribution < 1.29 is 13.3 Å². The quantitative estimate of drug-likeness (QED) is 0.423. The van der Waals surface area contributed by atoms with Gasteiger partial charge in [-0.25, -0.2) is 5.26 Å². The van der Waals surface area contributed by atoms with Crippen LogP contribution in [0.2, 0.25) is 0 Å². The summed E-state index contributed by atoms with van der Waals surface area (Å²) >= 11 is -2.61. The Morgan fingerprint density at radius 3 is 1.50 bits per heavy atom. The van der Waals surface area contributed by atoms with Crippen LogP contribution < -0.4 is 0 Å². The topological polar surface area (TPSA) is 81.3 Å². The molecule has 0 aliphatic rings. The lowest BCUT2D eigenvalue weighted by Crippen LogP contribution is -1.74. The monoisotopic (exact) mass is 109 g/mol. The molecule has 36 valence electrons. The third-order valence-electron chi connectivity index (χ3n) is 0. The minimum atomic E-state index is -2.61. The Balaban J connectivity index is 0. The summed E-state index contributed by atoms with van der Waals surface area (Å²) in [5.74, 6) is 0. The standard InChI is InChI=1S/CHN.H2O3S/c1-2;1-4(2)3/h1H;(H2,1,2,3). The summed E-state index contributed by atoms with van der Waals surface area (Å²) in [5.41, 5.74) is 0. The van der Waals surface area contributed by atoms with E-state index in [1.54, 1.807) is 0 Å². The minimum absolute atomic E-state index is 2.61. The summed E-state index contributed by atoms with van der Waals surface area (Å²) < 4.78 is 22.8. The molecule has 0 aliphatic heterocycles. The Kier molecular flexibility index (Phi) is 13.4. The number of rotatable bonds is 0. The van der Waals surface area contributed by atoms with Crippen molar-refractivity contribution in [2.75, 3.05) is 0 Å². The van der Waals surface area contributed by atoms with Gasteiger partial charge in [0.1, 0.15) is 0 Å².